The normalized spacial score (nSPS) is 17.2. The average molecular weight is 337 g/mol. The Hall–Kier alpha value is -3.28. The van der Waals surface area contributed by atoms with Crippen LogP contribution in [-0.4, -0.2) is 32.2 Å². The molecule has 126 valence electrons. The minimum Gasteiger partial charge on any atom is -0.497 e. The van der Waals surface area contributed by atoms with Crippen LogP contribution in [0.15, 0.2) is 53.2 Å². The van der Waals surface area contributed by atoms with E-state index in [2.05, 4.69) is 4.99 Å². The van der Waals surface area contributed by atoms with E-state index in [4.69, 9.17) is 18.9 Å². The molecule has 0 fully saturated rings. The lowest BCUT2D eigenvalue weighted by Crippen LogP contribution is -2.15. The van der Waals surface area contributed by atoms with Gasteiger partial charge in [0.15, 0.2) is 17.2 Å². The number of aliphatic imine (C=N–C) groups is 1. The molecule has 2 aliphatic heterocycles. The molecule has 0 bridgehead atoms. The fourth-order valence-electron chi connectivity index (χ4n) is 2.57. The van der Waals surface area contributed by atoms with Crippen LogP contribution in [0.1, 0.15) is 11.1 Å². The second-order valence-corrected chi connectivity index (χ2v) is 5.47. The van der Waals surface area contributed by atoms with Gasteiger partial charge in [-0.2, -0.15) is 0 Å². The zero-order valence-corrected chi connectivity index (χ0v) is 13.5. The van der Waals surface area contributed by atoms with Crippen molar-refractivity contribution >= 4 is 17.9 Å². The van der Waals surface area contributed by atoms with Crippen LogP contribution in [-0.2, 0) is 9.53 Å². The van der Waals surface area contributed by atoms with Crippen LogP contribution in [0.5, 0.6) is 17.2 Å². The van der Waals surface area contributed by atoms with Gasteiger partial charge in [0.2, 0.25) is 5.90 Å². The Morgan fingerprint density at radius 3 is 2.56 bits per heavy atom. The zero-order valence-electron chi connectivity index (χ0n) is 13.5. The molecule has 2 heterocycles. The van der Waals surface area contributed by atoms with Gasteiger partial charge < -0.3 is 18.9 Å². The summed E-state index contributed by atoms with van der Waals surface area (Å²) < 4.78 is 21.4. The number of carbonyl (C=O) groups is 1. The molecule has 2 aromatic carbocycles. The number of esters is 1. The summed E-state index contributed by atoms with van der Waals surface area (Å²) in [5, 5.41) is 0. The van der Waals surface area contributed by atoms with E-state index in [0.717, 1.165) is 11.3 Å². The molecule has 25 heavy (non-hydrogen) atoms. The van der Waals surface area contributed by atoms with Gasteiger partial charge in [-0.3, -0.25) is 0 Å². The number of hydrogen-bond donors (Lipinski definition) is 0. The molecule has 0 radical (unpaired) electrons. The third-order valence-electron chi connectivity index (χ3n) is 3.83. The molecular formula is C19H15NO5. The highest BCUT2D eigenvalue weighted by Crippen LogP contribution is 2.32. The molecule has 4 rings (SSSR count). The van der Waals surface area contributed by atoms with E-state index in [9.17, 15) is 4.79 Å². The van der Waals surface area contributed by atoms with Gasteiger partial charge in [0.1, 0.15) is 19.0 Å². The number of carbonyl (C=O) groups excluding carboxylic acids is 1. The second-order valence-electron chi connectivity index (χ2n) is 5.47. The van der Waals surface area contributed by atoms with Gasteiger partial charge in [-0.25, -0.2) is 9.79 Å². The zero-order chi connectivity index (χ0) is 17.2. The Labute approximate surface area is 144 Å². The summed E-state index contributed by atoms with van der Waals surface area (Å²) in [6, 6.07) is 12.6. The molecule has 0 saturated heterocycles. The highest BCUT2D eigenvalue weighted by atomic mass is 16.6. The number of hydrogen-bond acceptors (Lipinski definition) is 6. The van der Waals surface area contributed by atoms with Gasteiger partial charge in [-0.1, -0.05) is 6.07 Å². The molecule has 0 unspecified atom stereocenters. The molecule has 0 aromatic heterocycles. The van der Waals surface area contributed by atoms with Crippen LogP contribution < -0.4 is 14.2 Å². The van der Waals surface area contributed by atoms with Crippen molar-refractivity contribution in [3.05, 3.63) is 59.3 Å². The molecule has 6 nitrogen and oxygen atoms in total. The standard InChI is InChI=1S/C19H15NO5/c1-22-14-5-3-13(4-6-14)18-20-15(19(21)25-18)10-12-2-7-16-17(11-12)24-9-8-23-16/h2-7,10-11H,8-9H2,1H3. The topological polar surface area (TPSA) is 66.3 Å². The molecule has 0 atom stereocenters. The second kappa shape index (κ2) is 6.32. The third kappa shape index (κ3) is 3.06. The highest BCUT2D eigenvalue weighted by Gasteiger charge is 2.24. The molecule has 0 aliphatic carbocycles. The Morgan fingerprint density at radius 1 is 1.04 bits per heavy atom. The van der Waals surface area contributed by atoms with Gasteiger partial charge in [0.05, 0.1) is 7.11 Å². The van der Waals surface area contributed by atoms with Crippen molar-refractivity contribution in [3.63, 3.8) is 0 Å². The van der Waals surface area contributed by atoms with Gasteiger partial charge in [0.25, 0.3) is 0 Å². The fraction of sp³-hybridized carbons (Fsp3) is 0.158. The summed E-state index contributed by atoms with van der Waals surface area (Å²) in [5.41, 5.74) is 1.73. The first-order valence-corrected chi connectivity index (χ1v) is 7.79. The van der Waals surface area contributed by atoms with Gasteiger partial charge in [-0.05, 0) is 48.0 Å². The first kappa shape index (κ1) is 15.3. The van der Waals surface area contributed by atoms with E-state index in [1.165, 1.54) is 0 Å². The summed E-state index contributed by atoms with van der Waals surface area (Å²) in [4.78, 5) is 16.4. The number of rotatable bonds is 3. The maximum Gasteiger partial charge on any atom is 0.363 e. The van der Waals surface area contributed by atoms with Crippen molar-refractivity contribution in [2.75, 3.05) is 20.3 Å². The highest BCUT2D eigenvalue weighted by molar-refractivity contribution is 6.12. The lowest BCUT2D eigenvalue weighted by atomic mass is 10.1. The fourth-order valence-corrected chi connectivity index (χ4v) is 2.57. The molecular weight excluding hydrogens is 322 g/mol. The van der Waals surface area contributed by atoms with E-state index in [0.29, 0.717) is 30.3 Å². The average Bonchev–Trinajstić information content (AvgIpc) is 3.02. The molecule has 0 spiro atoms. The van der Waals surface area contributed by atoms with Crippen LogP contribution in [0.3, 0.4) is 0 Å². The Kier molecular flexibility index (Phi) is 3.85. The first-order chi connectivity index (χ1) is 12.2. The molecule has 0 N–H and O–H groups in total. The summed E-state index contributed by atoms with van der Waals surface area (Å²) in [7, 11) is 1.59. The van der Waals surface area contributed by atoms with Crippen molar-refractivity contribution in [2.24, 2.45) is 4.99 Å². The van der Waals surface area contributed by atoms with E-state index in [1.807, 2.05) is 18.2 Å². The minimum atomic E-state index is -0.485. The number of methoxy groups -OCH3 is 1. The molecule has 0 saturated carbocycles. The maximum atomic E-state index is 12.1. The SMILES string of the molecule is COc1ccc(C2=NC(=Cc3ccc4c(c3)OCCO4)C(=O)O2)cc1. The van der Waals surface area contributed by atoms with Crippen molar-refractivity contribution in [2.45, 2.75) is 0 Å². The van der Waals surface area contributed by atoms with Crippen LogP contribution in [0, 0.1) is 0 Å². The van der Waals surface area contributed by atoms with Gasteiger partial charge in [-0.15, -0.1) is 0 Å². The van der Waals surface area contributed by atoms with Crippen molar-refractivity contribution in [1.82, 2.24) is 0 Å². The van der Waals surface area contributed by atoms with E-state index < -0.39 is 5.97 Å². The van der Waals surface area contributed by atoms with Crippen molar-refractivity contribution in [1.29, 1.82) is 0 Å². The number of benzene rings is 2. The molecule has 2 aromatic rings. The lowest BCUT2D eigenvalue weighted by molar-refractivity contribution is -0.129. The van der Waals surface area contributed by atoms with Crippen LogP contribution in [0.4, 0.5) is 0 Å². The number of cyclic esters (lactones) is 1. The molecule has 2 aliphatic rings. The van der Waals surface area contributed by atoms with Crippen molar-refractivity contribution < 1.29 is 23.7 Å². The Morgan fingerprint density at radius 2 is 1.80 bits per heavy atom. The first-order valence-electron chi connectivity index (χ1n) is 7.79. The number of fused-ring (bicyclic) bond motifs is 1. The predicted molar refractivity (Wildman–Crippen MR) is 91.0 cm³/mol. The van der Waals surface area contributed by atoms with Crippen LogP contribution in [0.25, 0.3) is 6.08 Å². The van der Waals surface area contributed by atoms with Crippen molar-refractivity contribution in [3.8, 4) is 17.2 Å². The summed E-state index contributed by atoms with van der Waals surface area (Å²) in [5.74, 6) is 1.87. The smallest absolute Gasteiger partial charge is 0.363 e. The van der Waals surface area contributed by atoms with E-state index >= 15 is 0 Å². The van der Waals surface area contributed by atoms with Crippen LogP contribution >= 0.6 is 0 Å². The number of ether oxygens (including phenoxy) is 4. The van der Waals surface area contributed by atoms with E-state index in [1.54, 1.807) is 37.5 Å². The Balaban J connectivity index is 1.62. The van der Waals surface area contributed by atoms with Crippen LogP contribution in [0.2, 0.25) is 0 Å². The third-order valence-corrected chi connectivity index (χ3v) is 3.83. The molecule has 6 heteroatoms. The molecule has 0 amide bonds. The van der Waals surface area contributed by atoms with Gasteiger partial charge in [0, 0.05) is 5.56 Å². The predicted octanol–water partition coefficient (Wildman–Crippen LogP) is 2.81. The monoisotopic (exact) mass is 337 g/mol. The summed E-state index contributed by atoms with van der Waals surface area (Å²) in [6.45, 7) is 1.05. The largest absolute Gasteiger partial charge is 0.497 e. The summed E-state index contributed by atoms with van der Waals surface area (Å²) in [6.07, 6.45) is 1.66. The van der Waals surface area contributed by atoms with Gasteiger partial charge >= 0.3 is 5.97 Å². The minimum absolute atomic E-state index is 0.238. The quantitative estimate of drug-likeness (QED) is 0.636. The van der Waals surface area contributed by atoms with E-state index in [-0.39, 0.29) is 11.6 Å². The summed E-state index contributed by atoms with van der Waals surface area (Å²) >= 11 is 0. The Bertz CT molecular complexity index is 883. The maximum absolute atomic E-state index is 12.1. The number of nitrogens with zero attached hydrogens (tertiary/aromatic N) is 1. The lowest BCUT2D eigenvalue weighted by Gasteiger charge is -2.18.